The van der Waals surface area contributed by atoms with Crippen molar-refractivity contribution in [3.8, 4) is 28.9 Å². The number of benzene rings is 2. The molecule has 7 nitrogen and oxygen atoms in total. The van der Waals surface area contributed by atoms with Crippen LogP contribution in [0.3, 0.4) is 0 Å². The number of hydrogen-bond acceptors (Lipinski definition) is 6. The van der Waals surface area contributed by atoms with Crippen LogP contribution in [0.15, 0.2) is 47.0 Å². The Bertz CT molecular complexity index is 1040. The van der Waals surface area contributed by atoms with E-state index in [1.54, 1.807) is 24.3 Å². The molecule has 0 aliphatic rings. The number of hydrogen-bond donors (Lipinski definition) is 1. The number of methoxy groups -OCH3 is 2. The van der Waals surface area contributed by atoms with Crippen LogP contribution in [0.1, 0.15) is 16.1 Å². The van der Waals surface area contributed by atoms with E-state index in [0.29, 0.717) is 22.8 Å². The molecule has 136 valence electrons. The molecule has 8 heteroatoms. The molecule has 1 aromatic heterocycles. The highest BCUT2D eigenvalue weighted by Crippen LogP contribution is 2.33. The van der Waals surface area contributed by atoms with Crippen molar-refractivity contribution in [2.75, 3.05) is 19.5 Å². The van der Waals surface area contributed by atoms with Crippen molar-refractivity contribution in [3.05, 3.63) is 59.5 Å². The average Bonchev–Trinajstić information content (AvgIpc) is 3.19. The first-order chi connectivity index (χ1) is 13.0. The number of nitrogens with one attached hydrogen (secondary N) is 1. The number of ether oxygens (including phenoxy) is 2. The molecule has 1 amide bonds. The van der Waals surface area contributed by atoms with Crippen molar-refractivity contribution in [1.82, 2.24) is 5.16 Å². The van der Waals surface area contributed by atoms with Gasteiger partial charge in [0.15, 0.2) is 11.5 Å². The Kier molecular flexibility index (Phi) is 5.04. The van der Waals surface area contributed by atoms with E-state index in [2.05, 4.69) is 10.5 Å². The maximum Gasteiger partial charge on any atom is 0.277 e. The van der Waals surface area contributed by atoms with Gasteiger partial charge in [-0.3, -0.25) is 4.79 Å². The minimum absolute atomic E-state index is 0.0118. The summed E-state index contributed by atoms with van der Waals surface area (Å²) in [5.41, 5.74) is 0.672. The predicted molar refractivity (Wildman–Crippen MR) is 94.1 cm³/mol. The average molecular weight is 367 g/mol. The van der Waals surface area contributed by atoms with Gasteiger partial charge in [-0.25, -0.2) is 4.39 Å². The summed E-state index contributed by atoms with van der Waals surface area (Å²) in [7, 11) is 3.04. The van der Waals surface area contributed by atoms with Crippen LogP contribution in [-0.4, -0.2) is 25.3 Å². The summed E-state index contributed by atoms with van der Waals surface area (Å²) in [4.78, 5) is 12.4. The SMILES string of the molecule is COc1ccc(OC)c(-c2cc(C(=O)Nc3ccc(F)c(C#N)c3)no2)c1. The van der Waals surface area contributed by atoms with Crippen LogP contribution in [0.2, 0.25) is 0 Å². The summed E-state index contributed by atoms with van der Waals surface area (Å²) >= 11 is 0. The standard InChI is InChI=1S/C19H14FN3O4/c1-25-13-4-6-17(26-2)14(8-13)18-9-16(23-27-18)19(24)22-12-3-5-15(20)11(7-12)10-21/h3-9H,1-2H3,(H,22,24). The number of aromatic nitrogens is 1. The first-order valence-corrected chi connectivity index (χ1v) is 7.76. The lowest BCUT2D eigenvalue weighted by Gasteiger charge is -2.07. The molecule has 0 saturated heterocycles. The maximum atomic E-state index is 13.4. The number of halogens is 1. The fourth-order valence-corrected chi connectivity index (χ4v) is 2.40. The number of nitrogens with zero attached hydrogens (tertiary/aromatic N) is 2. The first kappa shape index (κ1) is 17.9. The zero-order valence-corrected chi connectivity index (χ0v) is 14.4. The third-order valence-corrected chi connectivity index (χ3v) is 3.76. The van der Waals surface area contributed by atoms with Crippen LogP contribution in [0.4, 0.5) is 10.1 Å². The number of rotatable bonds is 5. The van der Waals surface area contributed by atoms with E-state index in [1.807, 2.05) is 0 Å². The lowest BCUT2D eigenvalue weighted by molar-refractivity contribution is 0.101. The smallest absolute Gasteiger partial charge is 0.277 e. The van der Waals surface area contributed by atoms with Crippen molar-refractivity contribution in [1.29, 1.82) is 5.26 Å². The second kappa shape index (κ2) is 7.58. The van der Waals surface area contributed by atoms with Gasteiger partial charge in [0, 0.05) is 11.8 Å². The van der Waals surface area contributed by atoms with Crippen LogP contribution in [0.25, 0.3) is 11.3 Å². The van der Waals surface area contributed by atoms with Crippen molar-refractivity contribution >= 4 is 11.6 Å². The van der Waals surface area contributed by atoms with Crippen LogP contribution < -0.4 is 14.8 Å². The van der Waals surface area contributed by atoms with E-state index >= 15 is 0 Å². The van der Waals surface area contributed by atoms with Crippen molar-refractivity contribution < 1.29 is 23.2 Å². The lowest BCUT2D eigenvalue weighted by atomic mass is 10.1. The minimum atomic E-state index is -0.663. The van der Waals surface area contributed by atoms with Gasteiger partial charge < -0.3 is 19.3 Å². The lowest BCUT2D eigenvalue weighted by Crippen LogP contribution is -2.12. The van der Waals surface area contributed by atoms with E-state index in [0.717, 1.165) is 6.07 Å². The number of anilines is 1. The van der Waals surface area contributed by atoms with Gasteiger partial charge >= 0.3 is 0 Å². The number of amides is 1. The molecule has 0 atom stereocenters. The Morgan fingerprint density at radius 3 is 2.70 bits per heavy atom. The fraction of sp³-hybridized carbons (Fsp3) is 0.105. The molecule has 1 heterocycles. The number of carbonyl (C=O) groups excluding carboxylic acids is 1. The largest absolute Gasteiger partial charge is 0.497 e. The Labute approximate surface area is 153 Å². The molecule has 2 aromatic carbocycles. The molecule has 0 bridgehead atoms. The summed E-state index contributed by atoms with van der Waals surface area (Å²) in [6.07, 6.45) is 0. The number of carbonyl (C=O) groups is 1. The van der Waals surface area contributed by atoms with Crippen molar-refractivity contribution in [2.45, 2.75) is 0 Å². The van der Waals surface area contributed by atoms with Gasteiger partial charge in [-0.05, 0) is 36.4 Å². The molecular weight excluding hydrogens is 353 g/mol. The monoisotopic (exact) mass is 367 g/mol. The van der Waals surface area contributed by atoms with E-state index < -0.39 is 11.7 Å². The molecule has 27 heavy (non-hydrogen) atoms. The number of nitriles is 1. The van der Waals surface area contributed by atoms with E-state index in [4.69, 9.17) is 19.3 Å². The minimum Gasteiger partial charge on any atom is -0.497 e. The molecule has 1 N–H and O–H groups in total. The van der Waals surface area contributed by atoms with Crippen LogP contribution in [0.5, 0.6) is 11.5 Å². The summed E-state index contributed by atoms with van der Waals surface area (Å²) in [6.45, 7) is 0. The molecule has 0 saturated carbocycles. The molecule has 0 aliphatic heterocycles. The third kappa shape index (κ3) is 3.72. The maximum absolute atomic E-state index is 13.4. The third-order valence-electron chi connectivity index (χ3n) is 3.76. The van der Waals surface area contributed by atoms with Gasteiger partial charge in [0.2, 0.25) is 0 Å². The normalized spacial score (nSPS) is 10.1. The van der Waals surface area contributed by atoms with Gasteiger partial charge in [0.25, 0.3) is 5.91 Å². The van der Waals surface area contributed by atoms with Crippen LogP contribution in [-0.2, 0) is 0 Å². The molecular formula is C19H14FN3O4. The molecule has 0 spiro atoms. The Morgan fingerprint density at radius 2 is 2.00 bits per heavy atom. The van der Waals surface area contributed by atoms with Gasteiger partial charge in [0.05, 0.1) is 25.3 Å². The molecule has 0 radical (unpaired) electrons. The zero-order valence-electron chi connectivity index (χ0n) is 14.4. The molecule has 0 fully saturated rings. The fourth-order valence-electron chi connectivity index (χ4n) is 2.40. The molecule has 0 unspecified atom stereocenters. The van der Waals surface area contributed by atoms with Gasteiger partial charge in [-0.2, -0.15) is 5.26 Å². The molecule has 3 aromatic rings. The van der Waals surface area contributed by atoms with Crippen molar-refractivity contribution in [2.24, 2.45) is 0 Å². The van der Waals surface area contributed by atoms with E-state index in [9.17, 15) is 9.18 Å². The second-order valence-corrected chi connectivity index (χ2v) is 5.40. The van der Waals surface area contributed by atoms with Crippen molar-refractivity contribution in [3.63, 3.8) is 0 Å². The van der Waals surface area contributed by atoms with E-state index in [-0.39, 0.29) is 16.9 Å². The first-order valence-electron chi connectivity index (χ1n) is 7.76. The highest BCUT2D eigenvalue weighted by atomic mass is 19.1. The Morgan fingerprint density at radius 1 is 1.19 bits per heavy atom. The highest BCUT2D eigenvalue weighted by molar-refractivity contribution is 6.03. The summed E-state index contributed by atoms with van der Waals surface area (Å²) in [6, 6.07) is 12.0. The second-order valence-electron chi connectivity index (χ2n) is 5.40. The summed E-state index contributed by atoms with van der Waals surface area (Å²) < 4.78 is 29.1. The summed E-state index contributed by atoms with van der Waals surface area (Å²) in [5, 5.41) is 15.2. The van der Waals surface area contributed by atoms with Crippen LogP contribution in [0, 0.1) is 17.1 Å². The molecule has 3 rings (SSSR count). The highest BCUT2D eigenvalue weighted by Gasteiger charge is 2.18. The Hall–Kier alpha value is -3.86. The summed E-state index contributed by atoms with van der Waals surface area (Å²) in [5.74, 6) is 0.194. The quantitative estimate of drug-likeness (QED) is 0.740. The Balaban J connectivity index is 1.86. The van der Waals surface area contributed by atoms with Gasteiger partial charge in [-0.1, -0.05) is 5.16 Å². The predicted octanol–water partition coefficient (Wildman–Crippen LogP) is 3.62. The molecule has 0 aliphatic carbocycles. The van der Waals surface area contributed by atoms with Gasteiger partial charge in [0.1, 0.15) is 23.4 Å². The zero-order chi connectivity index (χ0) is 19.4. The topological polar surface area (TPSA) is 97.4 Å². The van der Waals surface area contributed by atoms with E-state index in [1.165, 1.54) is 32.4 Å². The van der Waals surface area contributed by atoms with Gasteiger partial charge in [-0.15, -0.1) is 0 Å². The van der Waals surface area contributed by atoms with Crippen LogP contribution >= 0.6 is 0 Å².